The van der Waals surface area contributed by atoms with Gasteiger partial charge in [-0.15, -0.1) is 0 Å². The number of hydrogen-bond acceptors (Lipinski definition) is 4. The summed E-state index contributed by atoms with van der Waals surface area (Å²) in [6, 6.07) is 12.8. The number of rotatable bonds is 6. The van der Waals surface area contributed by atoms with E-state index in [-0.39, 0.29) is 24.3 Å². The predicted molar refractivity (Wildman–Crippen MR) is 102 cm³/mol. The summed E-state index contributed by atoms with van der Waals surface area (Å²) in [4.78, 5) is 26.5. The number of benzene rings is 2. The van der Waals surface area contributed by atoms with Crippen LogP contribution in [0.5, 0.6) is 11.5 Å². The normalized spacial score (nSPS) is 15.2. The maximum atomic E-state index is 12.4. The summed E-state index contributed by atoms with van der Waals surface area (Å²) in [7, 11) is 1.60. The van der Waals surface area contributed by atoms with Crippen LogP contribution in [0.25, 0.3) is 0 Å². The fraction of sp³-hybridized carbons (Fsp3) is 0.333. The summed E-state index contributed by atoms with van der Waals surface area (Å²) in [5.41, 5.74) is 2.74. The van der Waals surface area contributed by atoms with Crippen LogP contribution in [0.4, 0.5) is 11.4 Å². The Hall–Kier alpha value is -3.02. The van der Waals surface area contributed by atoms with E-state index in [1.807, 2.05) is 23.1 Å². The monoisotopic (exact) mass is 366 g/mol. The third-order valence-corrected chi connectivity index (χ3v) is 4.89. The smallest absolute Gasteiger partial charge is 0.262 e. The molecule has 0 bridgehead atoms. The maximum Gasteiger partial charge on any atom is 0.262 e. The molecule has 0 saturated heterocycles. The van der Waals surface area contributed by atoms with Gasteiger partial charge in [0.15, 0.2) is 6.61 Å². The van der Waals surface area contributed by atoms with E-state index in [0.29, 0.717) is 11.4 Å². The number of methoxy groups -OCH3 is 1. The minimum Gasteiger partial charge on any atom is -0.497 e. The molecule has 2 aromatic rings. The van der Waals surface area contributed by atoms with Crippen LogP contribution in [-0.4, -0.2) is 32.1 Å². The Labute approximate surface area is 158 Å². The number of anilines is 2. The molecule has 2 aromatic carbocycles. The van der Waals surface area contributed by atoms with Crippen molar-refractivity contribution in [1.29, 1.82) is 0 Å². The first-order valence-corrected chi connectivity index (χ1v) is 9.15. The molecule has 4 rings (SSSR count). The molecule has 1 aliphatic heterocycles. The van der Waals surface area contributed by atoms with E-state index in [2.05, 4.69) is 5.32 Å². The number of amides is 2. The second-order valence-corrected chi connectivity index (χ2v) is 6.87. The zero-order chi connectivity index (χ0) is 18.8. The second-order valence-electron chi connectivity index (χ2n) is 6.87. The van der Waals surface area contributed by atoms with E-state index in [9.17, 15) is 9.59 Å². The average molecular weight is 366 g/mol. The van der Waals surface area contributed by atoms with Crippen molar-refractivity contribution >= 4 is 23.2 Å². The highest BCUT2D eigenvalue weighted by atomic mass is 16.5. The van der Waals surface area contributed by atoms with Gasteiger partial charge < -0.3 is 19.7 Å². The number of fused-ring (bicyclic) bond motifs is 1. The molecule has 1 heterocycles. The van der Waals surface area contributed by atoms with Crippen molar-refractivity contribution in [2.45, 2.75) is 19.3 Å². The molecule has 6 heteroatoms. The zero-order valence-corrected chi connectivity index (χ0v) is 15.2. The van der Waals surface area contributed by atoms with Crippen molar-refractivity contribution in [2.24, 2.45) is 5.92 Å². The van der Waals surface area contributed by atoms with Crippen LogP contribution in [-0.2, 0) is 16.0 Å². The van der Waals surface area contributed by atoms with Gasteiger partial charge in [0.1, 0.15) is 11.5 Å². The van der Waals surface area contributed by atoms with Crippen LogP contribution >= 0.6 is 0 Å². The van der Waals surface area contributed by atoms with Gasteiger partial charge in [-0.1, -0.05) is 6.07 Å². The number of hydrogen-bond donors (Lipinski definition) is 1. The van der Waals surface area contributed by atoms with Gasteiger partial charge in [-0.2, -0.15) is 0 Å². The Morgan fingerprint density at radius 3 is 2.56 bits per heavy atom. The van der Waals surface area contributed by atoms with E-state index in [1.165, 1.54) is 0 Å². The van der Waals surface area contributed by atoms with Crippen molar-refractivity contribution in [3.05, 3.63) is 48.0 Å². The number of ether oxygens (including phenoxy) is 2. The summed E-state index contributed by atoms with van der Waals surface area (Å²) in [5, 5.41) is 2.84. The van der Waals surface area contributed by atoms with Crippen LogP contribution in [0.15, 0.2) is 42.5 Å². The molecule has 0 atom stereocenters. The predicted octanol–water partition coefficient (Wildman–Crippen LogP) is 3.01. The molecule has 2 aliphatic rings. The Bertz CT molecular complexity index is 859. The first-order valence-electron chi connectivity index (χ1n) is 9.15. The molecule has 6 nitrogen and oxygen atoms in total. The topological polar surface area (TPSA) is 67.9 Å². The van der Waals surface area contributed by atoms with Crippen LogP contribution in [0, 0.1) is 5.92 Å². The third kappa shape index (κ3) is 3.89. The van der Waals surface area contributed by atoms with Crippen molar-refractivity contribution < 1.29 is 19.1 Å². The summed E-state index contributed by atoms with van der Waals surface area (Å²) in [6.07, 6.45) is 2.84. The van der Waals surface area contributed by atoms with E-state index in [4.69, 9.17) is 9.47 Å². The van der Waals surface area contributed by atoms with Gasteiger partial charge in [-0.05, 0) is 61.2 Å². The fourth-order valence-electron chi connectivity index (χ4n) is 3.25. The fourth-order valence-corrected chi connectivity index (χ4v) is 3.25. The highest BCUT2D eigenvalue weighted by Crippen LogP contribution is 2.37. The first kappa shape index (κ1) is 17.4. The highest BCUT2D eigenvalue weighted by Gasteiger charge is 2.36. The van der Waals surface area contributed by atoms with E-state index in [1.54, 1.807) is 31.4 Å². The largest absolute Gasteiger partial charge is 0.497 e. The Morgan fingerprint density at radius 2 is 1.85 bits per heavy atom. The Kier molecular flexibility index (Phi) is 4.71. The van der Waals surface area contributed by atoms with E-state index in [0.717, 1.165) is 42.8 Å². The number of nitrogens with zero attached hydrogens (tertiary/aromatic N) is 1. The maximum absolute atomic E-state index is 12.4. The third-order valence-electron chi connectivity index (χ3n) is 4.89. The average Bonchev–Trinajstić information content (AvgIpc) is 3.46. The number of carbonyl (C=O) groups is 2. The minimum atomic E-state index is -0.246. The van der Waals surface area contributed by atoms with Crippen molar-refractivity contribution in [3.8, 4) is 11.5 Å². The Morgan fingerprint density at radius 1 is 1.11 bits per heavy atom. The van der Waals surface area contributed by atoms with Gasteiger partial charge in [0.25, 0.3) is 5.91 Å². The molecule has 0 spiro atoms. The summed E-state index contributed by atoms with van der Waals surface area (Å²) in [6.45, 7) is 0.636. The lowest BCUT2D eigenvalue weighted by molar-refractivity contribution is -0.119. The van der Waals surface area contributed by atoms with Gasteiger partial charge in [-0.25, -0.2) is 0 Å². The number of nitrogens with one attached hydrogen (secondary N) is 1. The molecule has 140 valence electrons. The molecule has 1 aliphatic carbocycles. The Balaban J connectivity index is 1.37. The molecule has 1 N–H and O–H groups in total. The van der Waals surface area contributed by atoms with Gasteiger partial charge in [0.2, 0.25) is 5.91 Å². The molecule has 0 aromatic heterocycles. The SMILES string of the molecule is COc1ccc(OCC(=O)Nc2ccc3c(c2)N(C(=O)C2CC2)CC3)cc1. The van der Waals surface area contributed by atoms with Gasteiger partial charge in [0, 0.05) is 23.8 Å². The van der Waals surface area contributed by atoms with Crippen LogP contribution in [0.2, 0.25) is 0 Å². The molecule has 27 heavy (non-hydrogen) atoms. The summed E-state index contributed by atoms with van der Waals surface area (Å²) < 4.78 is 10.6. The molecule has 0 radical (unpaired) electrons. The molecule has 1 fully saturated rings. The van der Waals surface area contributed by atoms with Crippen LogP contribution in [0.1, 0.15) is 18.4 Å². The summed E-state index contributed by atoms with van der Waals surface area (Å²) >= 11 is 0. The highest BCUT2D eigenvalue weighted by molar-refractivity contribution is 5.99. The van der Waals surface area contributed by atoms with Crippen LogP contribution < -0.4 is 19.7 Å². The lowest BCUT2D eigenvalue weighted by Crippen LogP contribution is -2.30. The van der Waals surface area contributed by atoms with Gasteiger partial charge >= 0.3 is 0 Å². The van der Waals surface area contributed by atoms with Gasteiger partial charge in [-0.3, -0.25) is 9.59 Å². The quantitative estimate of drug-likeness (QED) is 0.853. The lowest BCUT2D eigenvalue weighted by Gasteiger charge is -2.18. The molecular formula is C21H22N2O4. The summed E-state index contributed by atoms with van der Waals surface area (Å²) in [5.74, 6) is 1.48. The molecular weight excluding hydrogens is 344 g/mol. The zero-order valence-electron chi connectivity index (χ0n) is 15.2. The standard InChI is InChI=1S/C21H22N2O4/c1-26-17-6-8-18(9-7-17)27-13-20(24)22-16-5-4-14-10-11-23(19(14)12-16)21(25)15-2-3-15/h4-9,12,15H,2-3,10-11,13H2,1H3,(H,22,24). The lowest BCUT2D eigenvalue weighted by atomic mass is 10.1. The van der Waals surface area contributed by atoms with Crippen molar-refractivity contribution in [1.82, 2.24) is 0 Å². The molecule has 2 amide bonds. The van der Waals surface area contributed by atoms with Crippen molar-refractivity contribution in [2.75, 3.05) is 30.5 Å². The van der Waals surface area contributed by atoms with Crippen molar-refractivity contribution in [3.63, 3.8) is 0 Å². The second kappa shape index (κ2) is 7.31. The van der Waals surface area contributed by atoms with E-state index < -0.39 is 0 Å². The first-order chi connectivity index (χ1) is 13.1. The number of carbonyl (C=O) groups excluding carboxylic acids is 2. The van der Waals surface area contributed by atoms with E-state index >= 15 is 0 Å². The molecule has 0 unspecified atom stereocenters. The minimum absolute atomic E-state index is 0.0892. The van der Waals surface area contributed by atoms with Gasteiger partial charge in [0.05, 0.1) is 7.11 Å². The van der Waals surface area contributed by atoms with Crippen LogP contribution in [0.3, 0.4) is 0 Å². The molecule has 1 saturated carbocycles.